The van der Waals surface area contributed by atoms with E-state index < -0.39 is 23.5 Å². The highest BCUT2D eigenvalue weighted by atomic mass is 79.9. The third-order valence-corrected chi connectivity index (χ3v) is 3.41. The van der Waals surface area contributed by atoms with Gasteiger partial charge in [0.25, 0.3) is 0 Å². The molecular formula is C15H13BrF3N. The van der Waals surface area contributed by atoms with Gasteiger partial charge in [-0.05, 0) is 24.7 Å². The molecular weight excluding hydrogens is 331 g/mol. The van der Waals surface area contributed by atoms with E-state index in [0.29, 0.717) is 11.0 Å². The monoisotopic (exact) mass is 343 g/mol. The van der Waals surface area contributed by atoms with Crippen LogP contribution >= 0.6 is 15.9 Å². The van der Waals surface area contributed by atoms with Gasteiger partial charge in [0.05, 0.1) is 6.04 Å². The van der Waals surface area contributed by atoms with Gasteiger partial charge in [-0.1, -0.05) is 41.1 Å². The molecule has 1 nitrogen and oxygen atoms in total. The summed E-state index contributed by atoms with van der Waals surface area (Å²) in [6.45, 7) is 2.25. The van der Waals surface area contributed by atoms with Gasteiger partial charge in [-0.2, -0.15) is 0 Å². The van der Waals surface area contributed by atoms with Crippen LogP contribution in [0.5, 0.6) is 0 Å². The Morgan fingerprint density at radius 2 is 1.65 bits per heavy atom. The van der Waals surface area contributed by atoms with Crippen LogP contribution < -0.4 is 5.32 Å². The Kier molecular flexibility index (Phi) is 4.83. The maximum absolute atomic E-state index is 14.1. The van der Waals surface area contributed by atoms with Crippen LogP contribution in [0.2, 0.25) is 0 Å². The molecule has 0 bridgehead atoms. The van der Waals surface area contributed by atoms with E-state index in [1.807, 2.05) is 0 Å². The minimum atomic E-state index is -0.866. The largest absolute Gasteiger partial charge is 0.306 e. The minimum absolute atomic E-state index is 0.180. The van der Waals surface area contributed by atoms with Crippen LogP contribution in [0.3, 0.4) is 0 Å². The number of rotatable bonds is 4. The van der Waals surface area contributed by atoms with Crippen LogP contribution in [0.15, 0.2) is 40.9 Å². The van der Waals surface area contributed by atoms with Crippen molar-refractivity contribution in [2.75, 3.05) is 6.54 Å². The highest BCUT2D eigenvalue weighted by Crippen LogP contribution is 2.30. The Balaban J connectivity index is 2.58. The van der Waals surface area contributed by atoms with Crippen LogP contribution in [-0.2, 0) is 0 Å². The normalized spacial score (nSPS) is 12.4. The Morgan fingerprint density at radius 3 is 2.20 bits per heavy atom. The second-order valence-electron chi connectivity index (χ2n) is 4.30. The molecule has 2 rings (SSSR count). The number of benzene rings is 2. The fourth-order valence-electron chi connectivity index (χ4n) is 2.11. The van der Waals surface area contributed by atoms with E-state index in [2.05, 4.69) is 21.2 Å². The fourth-order valence-corrected chi connectivity index (χ4v) is 2.51. The van der Waals surface area contributed by atoms with Crippen molar-refractivity contribution in [3.63, 3.8) is 0 Å². The lowest BCUT2D eigenvalue weighted by molar-refractivity contribution is 0.494. The number of hydrogen-bond donors (Lipinski definition) is 1. The van der Waals surface area contributed by atoms with Crippen LogP contribution in [0.25, 0.3) is 0 Å². The van der Waals surface area contributed by atoms with Crippen molar-refractivity contribution in [3.05, 3.63) is 69.4 Å². The molecule has 2 aromatic carbocycles. The third kappa shape index (κ3) is 3.04. The van der Waals surface area contributed by atoms with Crippen LogP contribution in [0.1, 0.15) is 24.1 Å². The van der Waals surface area contributed by atoms with Crippen molar-refractivity contribution in [2.24, 2.45) is 0 Å². The molecule has 0 aromatic heterocycles. The second kappa shape index (κ2) is 6.41. The summed E-state index contributed by atoms with van der Waals surface area (Å²) in [7, 11) is 0. The first-order valence-electron chi connectivity index (χ1n) is 6.16. The van der Waals surface area contributed by atoms with Gasteiger partial charge in [-0.3, -0.25) is 0 Å². The Morgan fingerprint density at radius 1 is 1.05 bits per heavy atom. The van der Waals surface area contributed by atoms with Crippen molar-refractivity contribution >= 4 is 15.9 Å². The van der Waals surface area contributed by atoms with Gasteiger partial charge in [-0.15, -0.1) is 0 Å². The van der Waals surface area contributed by atoms with Crippen LogP contribution in [0.4, 0.5) is 13.2 Å². The summed E-state index contributed by atoms with van der Waals surface area (Å²) in [5, 5.41) is 2.92. The van der Waals surface area contributed by atoms with E-state index in [-0.39, 0.29) is 11.1 Å². The van der Waals surface area contributed by atoms with Crippen LogP contribution in [-0.4, -0.2) is 6.54 Å². The summed E-state index contributed by atoms with van der Waals surface area (Å²) in [5.41, 5.74) is 0.0367. The zero-order chi connectivity index (χ0) is 14.7. The van der Waals surface area contributed by atoms with Gasteiger partial charge in [0, 0.05) is 15.6 Å². The van der Waals surface area contributed by atoms with Gasteiger partial charge < -0.3 is 5.32 Å². The number of nitrogens with one attached hydrogen (secondary N) is 1. The van der Waals surface area contributed by atoms with E-state index in [1.165, 1.54) is 30.3 Å². The summed E-state index contributed by atoms with van der Waals surface area (Å²) in [6, 6.07) is 7.44. The van der Waals surface area contributed by atoms with Crippen molar-refractivity contribution in [1.29, 1.82) is 0 Å². The summed E-state index contributed by atoms with van der Waals surface area (Å²) in [4.78, 5) is 0. The van der Waals surface area contributed by atoms with E-state index >= 15 is 0 Å². The van der Waals surface area contributed by atoms with E-state index in [1.54, 1.807) is 13.0 Å². The molecule has 0 saturated carbocycles. The lowest BCUT2D eigenvalue weighted by atomic mass is 9.97. The molecule has 0 fully saturated rings. The molecule has 2 aromatic rings. The molecule has 0 amide bonds. The molecule has 106 valence electrons. The maximum Gasteiger partial charge on any atom is 0.132 e. The van der Waals surface area contributed by atoms with E-state index in [0.717, 1.165) is 0 Å². The SMILES string of the molecule is CCNC(c1ccccc1F)c1c(F)cc(Br)cc1F. The first-order valence-corrected chi connectivity index (χ1v) is 6.96. The average Bonchev–Trinajstić information content (AvgIpc) is 2.37. The summed E-state index contributed by atoms with van der Waals surface area (Å²) < 4.78 is 42.3. The summed E-state index contributed by atoms with van der Waals surface area (Å²) in [5.74, 6) is -1.93. The molecule has 0 spiro atoms. The van der Waals surface area contributed by atoms with Crippen molar-refractivity contribution in [2.45, 2.75) is 13.0 Å². The maximum atomic E-state index is 14.1. The Labute approximate surface area is 123 Å². The zero-order valence-corrected chi connectivity index (χ0v) is 12.3. The van der Waals surface area contributed by atoms with Gasteiger partial charge >= 0.3 is 0 Å². The molecule has 5 heteroatoms. The quantitative estimate of drug-likeness (QED) is 0.857. The van der Waals surface area contributed by atoms with Gasteiger partial charge in [0.2, 0.25) is 0 Å². The van der Waals surface area contributed by atoms with Gasteiger partial charge in [0.1, 0.15) is 17.5 Å². The lowest BCUT2D eigenvalue weighted by Gasteiger charge is -2.21. The van der Waals surface area contributed by atoms with Crippen molar-refractivity contribution < 1.29 is 13.2 Å². The van der Waals surface area contributed by atoms with Crippen LogP contribution in [0, 0.1) is 17.5 Å². The average molecular weight is 344 g/mol. The molecule has 20 heavy (non-hydrogen) atoms. The van der Waals surface area contributed by atoms with Gasteiger partial charge in [-0.25, -0.2) is 13.2 Å². The fraction of sp³-hybridized carbons (Fsp3) is 0.200. The first kappa shape index (κ1) is 15.1. The standard InChI is InChI=1S/C15H13BrF3N/c1-2-20-15(10-5-3-4-6-11(10)17)14-12(18)7-9(16)8-13(14)19/h3-8,15,20H,2H2,1H3. The van der Waals surface area contributed by atoms with Crippen molar-refractivity contribution in [3.8, 4) is 0 Å². The predicted octanol–water partition coefficient (Wildman–Crippen LogP) is 4.57. The molecule has 0 heterocycles. The molecule has 0 aliphatic rings. The number of halogens is 4. The molecule has 0 aliphatic carbocycles. The third-order valence-electron chi connectivity index (χ3n) is 2.96. The second-order valence-corrected chi connectivity index (χ2v) is 5.21. The Hall–Kier alpha value is -1.33. The van der Waals surface area contributed by atoms with Crippen molar-refractivity contribution in [1.82, 2.24) is 5.32 Å². The smallest absolute Gasteiger partial charge is 0.132 e. The number of hydrogen-bond acceptors (Lipinski definition) is 1. The highest BCUT2D eigenvalue weighted by Gasteiger charge is 2.24. The highest BCUT2D eigenvalue weighted by molar-refractivity contribution is 9.10. The molecule has 1 unspecified atom stereocenters. The molecule has 1 N–H and O–H groups in total. The Bertz CT molecular complexity index is 593. The molecule has 0 aliphatic heterocycles. The van der Waals surface area contributed by atoms with E-state index in [4.69, 9.17) is 0 Å². The topological polar surface area (TPSA) is 12.0 Å². The van der Waals surface area contributed by atoms with Gasteiger partial charge in [0.15, 0.2) is 0 Å². The zero-order valence-electron chi connectivity index (χ0n) is 10.8. The molecule has 0 radical (unpaired) electrons. The first-order chi connectivity index (χ1) is 9.54. The molecule has 0 saturated heterocycles. The lowest BCUT2D eigenvalue weighted by Crippen LogP contribution is -2.25. The van der Waals surface area contributed by atoms with E-state index in [9.17, 15) is 13.2 Å². The summed E-state index contributed by atoms with van der Waals surface area (Å²) in [6.07, 6.45) is 0. The molecule has 1 atom stereocenters. The predicted molar refractivity (Wildman–Crippen MR) is 76.0 cm³/mol. The summed E-state index contributed by atoms with van der Waals surface area (Å²) >= 11 is 3.03. The minimum Gasteiger partial charge on any atom is -0.306 e.